The lowest BCUT2D eigenvalue weighted by Gasteiger charge is -2.43. The Morgan fingerprint density at radius 1 is 1.44 bits per heavy atom. The number of hydrogen-bond acceptors (Lipinski definition) is 5. The van der Waals surface area contributed by atoms with E-state index in [0.29, 0.717) is 13.1 Å². The molecule has 0 spiro atoms. The molecule has 1 aliphatic rings. The average Bonchev–Trinajstić information content (AvgIpc) is 3.01. The summed E-state index contributed by atoms with van der Waals surface area (Å²) in [5, 5.41) is 15.0. The highest BCUT2D eigenvalue weighted by atomic mass is 32.1. The Balaban J connectivity index is 1.78. The summed E-state index contributed by atoms with van der Waals surface area (Å²) < 4.78 is 0. The van der Waals surface area contributed by atoms with E-state index < -0.39 is 5.97 Å². The fourth-order valence-corrected chi connectivity index (χ4v) is 3.73. The number of carboxylic acids is 1. The van der Waals surface area contributed by atoms with Crippen LogP contribution in [0.15, 0.2) is 11.6 Å². The number of thiazole rings is 1. The molecule has 1 aromatic rings. The highest BCUT2D eigenvalue weighted by molar-refractivity contribution is 7.09. The number of nitrogens with zero attached hydrogens (tertiary/aromatic N) is 3. The number of aliphatic carboxylic acids is 1. The summed E-state index contributed by atoms with van der Waals surface area (Å²) in [5.74, 6) is -0.803. The molecule has 1 heterocycles. The summed E-state index contributed by atoms with van der Waals surface area (Å²) >= 11 is 1.61. The second-order valence-electron chi connectivity index (χ2n) is 6.69. The van der Waals surface area contributed by atoms with E-state index >= 15 is 0 Å². The van der Waals surface area contributed by atoms with E-state index in [9.17, 15) is 9.59 Å². The molecule has 0 radical (unpaired) electrons. The highest BCUT2D eigenvalue weighted by Crippen LogP contribution is 2.25. The molecule has 140 valence electrons. The van der Waals surface area contributed by atoms with E-state index in [0.717, 1.165) is 24.3 Å². The van der Waals surface area contributed by atoms with Gasteiger partial charge in [0.05, 0.1) is 11.6 Å². The zero-order valence-corrected chi connectivity index (χ0v) is 16.0. The zero-order chi connectivity index (χ0) is 18.4. The molecular formula is C17H28N4O3S. The van der Waals surface area contributed by atoms with Crippen LogP contribution in [0.5, 0.6) is 0 Å². The summed E-state index contributed by atoms with van der Waals surface area (Å²) in [5.41, 5.74) is 0. The summed E-state index contributed by atoms with van der Waals surface area (Å²) in [6.45, 7) is 7.41. The van der Waals surface area contributed by atoms with E-state index in [2.05, 4.69) is 10.3 Å². The average molecular weight is 369 g/mol. The minimum absolute atomic E-state index is 0.0451. The number of urea groups is 1. The third kappa shape index (κ3) is 5.67. The molecule has 0 aliphatic heterocycles. The number of likely N-dealkylation sites (N-methyl/N-ethyl adjacent to an activating group) is 1. The molecular weight excluding hydrogens is 340 g/mol. The largest absolute Gasteiger partial charge is 0.480 e. The van der Waals surface area contributed by atoms with Crippen LogP contribution in [0.4, 0.5) is 4.79 Å². The lowest BCUT2D eigenvalue weighted by molar-refractivity contribution is -0.139. The van der Waals surface area contributed by atoms with Gasteiger partial charge < -0.3 is 15.3 Å². The van der Waals surface area contributed by atoms with Gasteiger partial charge in [-0.3, -0.25) is 9.69 Å². The maximum absolute atomic E-state index is 12.6. The van der Waals surface area contributed by atoms with Crippen molar-refractivity contribution in [1.82, 2.24) is 20.1 Å². The van der Waals surface area contributed by atoms with Gasteiger partial charge in [-0.25, -0.2) is 9.78 Å². The Hall–Kier alpha value is -1.67. The van der Waals surface area contributed by atoms with Crippen molar-refractivity contribution in [2.75, 3.05) is 19.6 Å². The van der Waals surface area contributed by atoms with Crippen molar-refractivity contribution in [3.63, 3.8) is 0 Å². The van der Waals surface area contributed by atoms with Crippen molar-refractivity contribution in [2.45, 2.75) is 58.2 Å². The van der Waals surface area contributed by atoms with Crippen LogP contribution >= 0.6 is 11.3 Å². The third-order valence-corrected chi connectivity index (χ3v) is 5.48. The Kier molecular flexibility index (Phi) is 7.19. The quantitative estimate of drug-likeness (QED) is 0.697. The van der Waals surface area contributed by atoms with E-state index in [1.165, 1.54) is 0 Å². The molecule has 1 fully saturated rings. The molecule has 2 N–H and O–H groups in total. The number of amides is 2. The third-order valence-electron chi connectivity index (χ3n) is 4.64. The van der Waals surface area contributed by atoms with Crippen molar-refractivity contribution in [3.05, 3.63) is 16.6 Å². The minimum Gasteiger partial charge on any atom is -0.480 e. The topological polar surface area (TPSA) is 85.8 Å². The second kappa shape index (κ2) is 9.15. The van der Waals surface area contributed by atoms with Gasteiger partial charge in [0.2, 0.25) is 0 Å². The fourth-order valence-electron chi connectivity index (χ4n) is 3.12. The van der Waals surface area contributed by atoms with E-state index in [1.807, 2.05) is 36.0 Å². The summed E-state index contributed by atoms with van der Waals surface area (Å²) in [6.07, 6.45) is 4.17. The number of carbonyl (C=O) groups excluding carboxylic acids is 1. The van der Waals surface area contributed by atoms with E-state index in [-0.39, 0.29) is 30.7 Å². The van der Waals surface area contributed by atoms with Gasteiger partial charge >= 0.3 is 12.0 Å². The first-order valence-corrected chi connectivity index (χ1v) is 9.70. The molecule has 2 rings (SSSR count). The number of nitrogens with one attached hydrogen (secondary N) is 1. The van der Waals surface area contributed by atoms with Crippen molar-refractivity contribution in [2.24, 2.45) is 0 Å². The molecule has 7 nitrogen and oxygen atoms in total. The van der Waals surface area contributed by atoms with Gasteiger partial charge in [0.15, 0.2) is 0 Å². The van der Waals surface area contributed by atoms with Crippen LogP contribution in [0.2, 0.25) is 0 Å². The SMILES string of the molecule is CCN(CC(=O)O)C1CC(NC(=O)N(CCc2nccs2)C(C)C)C1. The van der Waals surface area contributed by atoms with Crippen LogP contribution in [-0.2, 0) is 11.2 Å². The van der Waals surface area contributed by atoms with Crippen molar-refractivity contribution < 1.29 is 14.7 Å². The Labute approximate surface area is 153 Å². The maximum atomic E-state index is 12.6. The molecule has 1 saturated carbocycles. The number of rotatable bonds is 9. The van der Waals surface area contributed by atoms with Crippen LogP contribution < -0.4 is 5.32 Å². The molecule has 25 heavy (non-hydrogen) atoms. The molecule has 2 amide bonds. The molecule has 8 heteroatoms. The van der Waals surface area contributed by atoms with Crippen LogP contribution in [0.25, 0.3) is 0 Å². The first-order chi connectivity index (χ1) is 11.9. The predicted molar refractivity (Wildman–Crippen MR) is 97.9 cm³/mol. The lowest BCUT2D eigenvalue weighted by atomic mass is 9.85. The van der Waals surface area contributed by atoms with Crippen molar-refractivity contribution in [3.8, 4) is 0 Å². The number of carbonyl (C=O) groups is 2. The fraction of sp³-hybridized carbons (Fsp3) is 0.706. The van der Waals surface area contributed by atoms with Gasteiger partial charge in [-0.1, -0.05) is 6.92 Å². The molecule has 1 aliphatic carbocycles. The Morgan fingerprint density at radius 3 is 2.68 bits per heavy atom. The summed E-state index contributed by atoms with van der Waals surface area (Å²) in [7, 11) is 0. The standard InChI is InChI=1S/C17H28N4O3S/c1-4-20(11-16(22)23)14-9-13(10-14)19-17(24)21(12(2)3)7-5-15-18-6-8-25-15/h6,8,12-14H,4-5,7,9-11H2,1-3H3,(H,19,24)(H,22,23). The van der Waals surface area contributed by atoms with Gasteiger partial charge in [-0.05, 0) is 33.2 Å². The molecule has 0 saturated heterocycles. The summed E-state index contributed by atoms with van der Waals surface area (Å²) in [4.78, 5) is 31.5. The zero-order valence-electron chi connectivity index (χ0n) is 15.1. The van der Waals surface area contributed by atoms with Crippen LogP contribution in [0, 0.1) is 0 Å². The molecule has 0 atom stereocenters. The predicted octanol–water partition coefficient (Wildman–Crippen LogP) is 2.04. The second-order valence-corrected chi connectivity index (χ2v) is 7.67. The first-order valence-electron chi connectivity index (χ1n) is 8.82. The van der Waals surface area contributed by atoms with Gasteiger partial charge in [-0.2, -0.15) is 0 Å². The molecule has 0 unspecified atom stereocenters. The van der Waals surface area contributed by atoms with Crippen LogP contribution in [-0.4, -0.2) is 69.7 Å². The number of carboxylic acid groups (broad SMARTS) is 1. The van der Waals surface area contributed by atoms with Gasteiger partial charge in [0, 0.05) is 42.7 Å². The van der Waals surface area contributed by atoms with Crippen LogP contribution in [0.1, 0.15) is 38.6 Å². The maximum Gasteiger partial charge on any atom is 0.317 e. The molecule has 1 aromatic heterocycles. The van der Waals surface area contributed by atoms with Gasteiger partial charge in [-0.15, -0.1) is 11.3 Å². The molecule has 0 bridgehead atoms. The number of hydrogen-bond donors (Lipinski definition) is 2. The van der Waals surface area contributed by atoms with Gasteiger partial charge in [0.25, 0.3) is 0 Å². The smallest absolute Gasteiger partial charge is 0.317 e. The normalized spacial score (nSPS) is 19.7. The Bertz CT molecular complexity index is 558. The van der Waals surface area contributed by atoms with E-state index in [1.54, 1.807) is 17.5 Å². The Morgan fingerprint density at radius 2 is 2.16 bits per heavy atom. The summed E-state index contributed by atoms with van der Waals surface area (Å²) in [6, 6.07) is 0.446. The molecule has 0 aromatic carbocycles. The highest BCUT2D eigenvalue weighted by Gasteiger charge is 2.35. The van der Waals surface area contributed by atoms with Gasteiger partial charge in [0.1, 0.15) is 0 Å². The minimum atomic E-state index is -0.803. The number of aromatic nitrogens is 1. The first kappa shape index (κ1) is 19.7. The van der Waals surface area contributed by atoms with Crippen molar-refractivity contribution in [1.29, 1.82) is 0 Å². The van der Waals surface area contributed by atoms with Crippen molar-refractivity contribution >= 4 is 23.3 Å². The monoisotopic (exact) mass is 368 g/mol. The van der Waals surface area contributed by atoms with E-state index in [4.69, 9.17) is 5.11 Å². The lowest BCUT2D eigenvalue weighted by Crippen LogP contribution is -2.57. The van der Waals surface area contributed by atoms with Crippen LogP contribution in [0.3, 0.4) is 0 Å².